The largest absolute Gasteiger partial charge is 0.388 e. The summed E-state index contributed by atoms with van der Waals surface area (Å²) in [6, 6.07) is 5.20. The van der Waals surface area contributed by atoms with E-state index in [1.165, 1.54) is 4.90 Å². The lowest BCUT2D eigenvalue weighted by molar-refractivity contribution is 0.0638. The zero-order valence-corrected chi connectivity index (χ0v) is 10.5. The van der Waals surface area contributed by atoms with Crippen molar-refractivity contribution in [3.63, 3.8) is 0 Å². The summed E-state index contributed by atoms with van der Waals surface area (Å²) in [5, 5.41) is 2.96. The van der Waals surface area contributed by atoms with Crippen LogP contribution in [0.15, 0.2) is 18.2 Å². The quantitative estimate of drug-likeness (QED) is 0.631. The van der Waals surface area contributed by atoms with Crippen LogP contribution in [0.1, 0.15) is 27.1 Å². The maximum absolute atomic E-state index is 12.1. The maximum Gasteiger partial charge on any atom is 0.261 e. The van der Waals surface area contributed by atoms with Gasteiger partial charge in [-0.3, -0.25) is 14.5 Å². The molecule has 1 aliphatic rings. The molecule has 0 radical (unpaired) electrons. The van der Waals surface area contributed by atoms with Crippen molar-refractivity contribution in [2.45, 2.75) is 6.42 Å². The minimum absolute atomic E-state index is 0.214. The second-order valence-electron chi connectivity index (χ2n) is 4.12. The van der Waals surface area contributed by atoms with E-state index < -0.39 is 0 Å². The van der Waals surface area contributed by atoms with Crippen LogP contribution in [0.4, 0.5) is 5.69 Å². The van der Waals surface area contributed by atoms with Crippen molar-refractivity contribution in [2.75, 3.05) is 32.6 Å². The Morgan fingerprint density at radius 3 is 2.61 bits per heavy atom. The Bertz CT molecular complexity index is 485. The fourth-order valence-corrected chi connectivity index (χ4v) is 2.02. The number of nitrogens with one attached hydrogen (secondary N) is 1. The molecule has 0 spiro atoms. The predicted octanol–water partition coefficient (Wildman–Crippen LogP) is 1.36. The molecule has 18 heavy (non-hydrogen) atoms. The Morgan fingerprint density at radius 2 is 1.94 bits per heavy atom. The number of imide groups is 1. The van der Waals surface area contributed by atoms with Gasteiger partial charge in [0.15, 0.2) is 0 Å². The number of carbonyl (C=O) groups is 2. The first-order valence-corrected chi connectivity index (χ1v) is 5.86. The van der Waals surface area contributed by atoms with Gasteiger partial charge in [0.1, 0.15) is 0 Å². The lowest BCUT2D eigenvalue weighted by Gasteiger charge is -2.12. The molecule has 1 aromatic rings. The molecule has 0 aromatic heterocycles. The summed E-state index contributed by atoms with van der Waals surface area (Å²) in [5.41, 5.74) is 1.79. The number of fused-ring (bicyclic) bond motifs is 1. The topological polar surface area (TPSA) is 58.6 Å². The second kappa shape index (κ2) is 5.18. The van der Waals surface area contributed by atoms with Gasteiger partial charge in [0.25, 0.3) is 11.8 Å². The number of hydrogen-bond donors (Lipinski definition) is 1. The van der Waals surface area contributed by atoms with E-state index in [9.17, 15) is 9.59 Å². The zero-order valence-electron chi connectivity index (χ0n) is 10.5. The van der Waals surface area contributed by atoms with Gasteiger partial charge in [-0.05, 0) is 24.6 Å². The Labute approximate surface area is 106 Å². The van der Waals surface area contributed by atoms with Crippen LogP contribution in [0, 0.1) is 0 Å². The van der Waals surface area contributed by atoms with Crippen molar-refractivity contribution in [2.24, 2.45) is 0 Å². The second-order valence-corrected chi connectivity index (χ2v) is 4.12. The Morgan fingerprint density at radius 1 is 1.22 bits per heavy atom. The molecule has 5 nitrogen and oxygen atoms in total. The van der Waals surface area contributed by atoms with Crippen molar-refractivity contribution >= 4 is 17.5 Å². The third-order valence-electron chi connectivity index (χ3n) is 2.99. The van der Waals surface area contributed by atoms with Crippen LogP contribution in [0.25, 0.3) is 0 Å². The molecule has 0 aliphatic carbocycles. The van der Waals surface area contributed by atoms with Crippen molar-refractivity contribution in [1.29, 1.82) is 0 Å². The Kier molecular flexibility index (Phi) is 3.62. The molecule has 0 saturated carbocycles. The third-order valence-corrected chi connectivity index (χ3v) is 2.99. The number of rotatable bonds is 5. The fourth-order valence-electron chi connectivity index (χ4n) is 2.02. The summed E-state index contributed by atoms with van der Waals surface area (Å²) < 4.78 is 4.93. The first-order valence-electron chi connectivity index (χ1n) is 5.86. The monoisotopic (exact) mass is 248 g/mol. The van der Waals surface area contributed by atoms with Crippen LogP contribution < -0.4 is 5.32 Å². The standard InChI is InChI=1S/C13H16N2O3/c1-14-9-4-5-10-11(8-9)13(17)15(12(10)16)6-3-7-18-2/h4-5,8,14H,3,6-7H2,1-2H3. The highest BCUT2D eigenvalue weighted by atomic mass is 16.5. The summed E-state index contributed by atoms with van der Waals surface area (Å²) in [4.78, 5) is 25.4. The first kappa shape index (κ1) is 12.6. The van der Waals surface area contributed by atoms with Crippen LogP contribution in [0.2, 0.25) is 0 Å². The number of benzene rings is 1. The van der Waals surface area contributed by atoms with Gasteiger partial charge in [-0.25, -0.2) is 0 Å². The van der Waals surface area contributed by atoms with Crippen LogP contribution in [-0.4, -0.2) is 44.0 Å². The third kappa shape index (κ3) is 2.09. The van der Waals surface area contributed by atoms with Crippen molar-refractivity contribution in [3.05, 3.63) is 29.3 Å². The molecule has 2 amide bonds. The summed E-state index contributed by atoms with van der Waals surface area (Å²) in [6.07, 6.45) is 0.654. The number of nitrogens with zero attached hydrogens (tertiary/aromatic N) is 1. The Hall–Kier alpha value is -1.88. The molecule has 0 fully saturated rings. The van der Waals surface area contributed by atoms with Gasteiger partial charge < -0.3 is 10.1 Å². The van der Waals surface area contributed by atoms with Gasteiger partial charge >= 0.3 is 0 Å². The fraction of sp³-hybridized carbons (Fsp3) is 0.385. The van der Waals surface area contributed by atoms with E-state index in [4.69, 9.17) is 4.74 Å². The summed E-state index contributed by atoms with van der Waals surface area (Å²) in [7, 11) is 3.38. The lowest BCUT2D eigenvalue weighted by atomic mass is 10.1. The molecule has 0 saturated heterocycles. The lowest BCUT2D eigenvalue weighted by Crippen LogP contribution is -2.31. The van der Waals surface area contributed by atoms with Gasteiger partial charge in [0, 0.05) is 33.0 Å². The van der Waals surface area contributed by atoms with Crippen molar-refractivity contribution in [3.8, 4) is 0 Å². The highest BCUT2D eigenvalue weighted by molar-refractivity contribution is 6.21. The van der Waals surface area contributed by atoms with E-state index in [0.717, 1.165) is 5.69 Å². The Balaban J connectivity index is 2.21. The molecule has 0 atom stereocenters. The molecule has 1 aliphatic heterocycles. The van der Waals surface area contributed by atoms with E-state index in [-0.39, 0.29) is 11.8 Å². The van der Waals surface area contributed by atoms with E-state index in [1.54, 1.807) is 32.4 Å². The van der Waals surface area contributed by atoms with Gasteiger partial charge in [0.05, 0.1) is 11.1 Å². The van der Waals surface area contributed by atoms with Crippen LogP contribution >= 0.6 is 0 Å². The average molecular weight is 248 g/mol. The number of carbonyl (C=O) groups excluding carboxylic acids is 2. The maximum atomic E-state index is 12.1. The highest BCUT2D eigenvalue weighted by Gasteiger charge is 2.34. The normalized spacial score (nSPS) is 14.0. The van der Waals surface area contributed by atoms with Crippen molar-refractivity contribution < 1.29 is 14.3 Å². The molecular weight excluding hydrogens is 232 g/mol. The van der Waals surface area contributed by atoms with Gasteiger partial charge in [-0.2, -0.15) is 0 Å². The molecular formula is C13H16N2O3. The van der Waals surface area contributed by atoms with Crippen molar-refractivity contribution in [1.82, 2.24) is 4.90 Å². The van der Waals surface area contributed by atoms with E-state index in [1.807, 2.05) is 0 Å². The molecule has 2 rings (SSSR count). The van der Waals surface area contributed by atoms with Gasteiger partial charge in [0.2, 0.25) is 0 Å². The SMILES string of the molecule is CNc1ccc2c(c1)C(=O)N(CCCOC)C2=O. The van der Waals surface area contributed by atoms with Crippen LogP contribution in [0.5, 0.6) is 0 Å². The van der Waals surface area contributed by atoms with Gasteiger partial charge in [-0.15, -0.1) is 0 Å². The van der Waals surface area contributed by atoms with E-state index in [0.29, 0.717) is 30.7 Å². The van der Waals surface area contributed by atoms with E-state index >= 15 is 0 Å². The summed E-state index contributed by atoms with van der Waals surface area (Å²) >= 11 is 0. The molecule has 96 valence electrons. The smallest absolute Gasteiger partial charge is 0.261 e. The molecule has 1 N–H and O–H groups in total. The first-order chi connectivity index (χ1) is 8.69. The predicted molar refractivity (Wildman–Crippen MR) is 67.8 cm³/mol. The highest BCUT2D eigenvalue weighted by Crippen LogP contribution is 2.25. The molecule has 0 bridgehead atoms. The minimum Gasteiger partial charge on any atom is -0.388 e. The van der Waals surface area contributed by atoms with Crippen LogP contribution in [-0.2, 0) is 4.74 Å². The van der Waals surface area contributed by atoms with E-state index in [2.05, 4.69) is 5.32 Å². The molecule has 1 heterocycles. The molecule has 1 aromatic carbocycles. The molecule has 0 unspecified atom stereocenters. The summed E-state index contributed by atoms with van der Waals surface area (Å²) in [6.45, 7) is 0.935. The number of amides is 2. The summed E-state index contributed by atoms with van der Waals surface area (Å²) in [5.74, 6) is -0.433. The minimum atomic E-state index is -0.219. The number of anilines is 1. The number of ether oxygens (including phenoxy) is 1. The zero-order chi connectivity index (χ0) is 13.1. The number of methoxy groups -OCH3 is 1. The molecule has 5 heteroatoms. The average Bonchev–Trinajstić information content (AvgIpc) is 2.63. The number of hydrogen-bond acceptors (Lipinski definition) is 4. The van der Waals surface area contributed by atoms with Crippen LogP contribution in [0.3, 0.4) is 0 Å². The van der Waals surface area contributed by atoms with Gasteiger partial charge in [-0.1, -0.05) is 0 Å².